The summed E-state index contributed by atoms with van der Waals surface area (Å²) in [5, 5.41) is 2.94. The number of hydrogen-bond donors (Lipinski definition) is 1. The number of nitrogens with zero attached hydrogens (tertiary/aromatic N) is 1. The molecule has 1 aromatic heterocycles. The van der Waals surface area contributed by atoms with E-state index in [2.05, 4.69) is 10.3 Å². The first kappa shape index (κ1) is 12.8. The molecule has 0 fully saturated rings. The second kappa shape index (κ2) is 6.31. The van der Waals surface area contributed by atoms with Gasteiger partial charge in [0, 0.05) is 17.8 Å². The smallest absolute Gasteiger partial charge is 0.224 e. The first-order valence-electron chi connectivity index (χ1n) is 5.95. The van der Waals surface area contributed by atoms with Crippen molar-refractivity contribution in [1.29, 1.82) is 0 Å². The van der Waals surface area contributed by atoms with Crippen LogP contribution in [0.15, 0.2) is 35.8 Å². The highest BCUT2D eigenvalue weighted by molar-refractivity contribution is 7.09. The van der Waals surface area contributed by atoms with Crippen LogP contribution >= 0.6 is 11.3 Å². The van der Waals surface area contributed by atoms with E-state index in [-0.39, 0.29) is 5.91 Å². The molecule has 2 aromatic rings. The molecule has 1 amide bonds. The Morgan fingerprint density at radius 3 is 2.78 bits per heavy atom. The number of benzene rings is 1. The molecule has 0 aliphatic carbocycles. The van der Waals surface area contributed by atoms with Crippen LogP contribution in [0, 0.1) is 6.92 Å². The third kappa shape index (κ3) is 3.67. The Balaban J connectivity index is 1.74. The van der Waals surface area contributed by atoms with E-state index in [9.17, 15) is 4.79 Å². The van der Waals surface area contributed by atoms with E-state index < -0.39 is 0 Å². The number of carbonyl (C=O) groups excluding carboxylic acids is 1. The Bertz CT molecular complexity index is 508. The van der Waals surface area contributed by atoms with Gasteiger partial charge >= 0.3 is 0 Å². The molecule has 1 heterocycles. The topological polar surface area (TPSA) is 42.0 Å². The highest BCUT2D eigenvalue weighted by Gasteiger charge is 2.04. The monoisotopic (exact) mass is 260 g/mol. The second-order valence-corrected chi connectivity index (χ2v) is 5.06. The summed E-state index contributed by atoms with van der Waals surface area (Å²) in [6.07, 6.45) is 1.31. The minimum atomic E-state index is 0.0726. The second-order valence-electron chi connectivity index (χ2n) is 4.12. The summed E-state index contributed by atoms with van der Waals surface area (Å²) in [6.45, 7) is 2.67. The van der Waals surface area contributed by atoms with E-state index in [4.69, 9.17) is 0 Å². The van der Waals surface area contributed by atoms with Gasteiger partial charge in [-0.25, -0.2) is 4.98 Å². The van der Waals surface area contributed by atoms with Crippen molar-refractivity contribution < 1.29 is 4.79 Å². The van der Waals surface area contributed by atoms with Gasteiger partial charge < -0.3 is 5.32 Å². The van der Waals surface area contributed by atoms with Gasteiger partial charge in [0.1, 0.15) is 0 Å². The van der Waals surface area contributed by atoms with Crippen molar-refractivity contribution >= 4 is 17.2 Å². The fourth-order valence-corrected chi connectivity index (χ4v) is 2.51. The molecule has 0 saturated carbocycles. The zero-order valence-corrected chi connectivity index (χ0v) is 11.2. The Labute approximate surface area is 111 Å². The fraction of sp³-hybridized carbons (Fsp3) is 0.286. The van der Waals surface area contributed by atoms with Gasteiger partial charge in [-0.2, -0.15) is 0 Å². The van der Waals surface area contributed by atoms with Gasteiger partial charge in [0.2, 0.25) is 5.91 Å². The molecule has 0 unspecified atom stereocenters. The quantitative estimate of drug-likeness (QED) is 0.896. The third-order valence-corrected chi connectivity index (χ3v) is 3.72. The summed E-state index contributed by atoms with van der Waals surface area (Å²) >= 11 is 1.64. The van der Waals surface area contributed by atoms with Crippen molar-refractivity contribution in [3.05, 3.63) is 52.0 Å². The van der Waals surface area contributed by atoms with Crippen molar-refractivity contribution in [2.45, 2.75) is 19.8 Å². The minimum absolute atomic E-state index is 0.0726. The molecule has 0 aliphatic rings. The highest BCUT2D eigenvalue weighted by atomic mass is 32.1. The number of rotatable bonds is 5. The molecule has 0 radical (unpaired) electrons. The Hall–Kier alpha value is -1.68. The number of thiazole rings is 1. The average Bonchev–Trinajstić information content (AvgIpc) is 2.76. The molecule has 1 N–H and O–H groups in total. The van der Waals surface area contributed by atoms with E-state index in [1.54, 1.807) is 11.3 Å². The lowest BCUT2D eigenvalue weighted by molar-refractivity contribution is -0.120. The number of nitrogens with one attached hydrogen (secondary N) is 1. The third-order valence-electron chi connectivity index (χ3n) is 2.73. The maximum Gasteiger partial charge on any atom is 0.224 e. The zero-order chi connectivity index (χ0) is 12.8. The zero-order valence-electron chi connectivity index (χ0n) is 10.3. The van der Waals surface area contributed by atoms with E-state index in [1.165, 1.54) is 4.88 Å². The highest BCUT2D eigenvalue weighted by Crippen LogP contribution is 2.11. The summed E-state index contributed by atoms with van der Waals surface area (Å²) in [4.78, 5) is 17.1. The van der Waals surface area contributed by atoms with Crippen LogP contribution in [-0.2, 0) is 17.6 Å². The molecule has 0 spiro atoms. The molecule has 0 bridgehead atoms. The number of aromatic nitrogens is 1. The molecule has 3 nitrogen and oxygen atoms in total. The lowest BCUT2D eigenvalue weighted by Crippen LogP contribution is -2.27. The molecule has 0 aliphatic heterocycles. The predicted octanol–water partition coefficient (Wildman–Crippen LogP) is 2.35. The van der Waals surface area contributed by atoms with Crippen LogP contribution in [0.25, 0.3) is 0 Å². The first-order valence-corrected chi connectivity index (χ1v) is 6.83. The van der Waals surface area contributed by atoms with Gasteiger partial charge in [-0.15, -0.1) is 11.3 Å². The van der Waals surface area contributed by atoms with Crippen LogP contribution in [0.4, 0.5) is 0 Å². The van der Waals surface area contributed by atoms with Gasteiger partial charge in [-0.3, -0.25) is 4.79 Å². The van der Waals surface area contributed by atoms with Crippen LogP contribution in [0.5, 0.6) is 0 Å². The summed E-state index contributed by atoms with van der Waals surface area (Å²) in [5.74, 6) is 0.0726. The van der Waals surface area contributed by atoms with Gasteiger partial charge in [0.15, 0.2) is 0 Å². The van der Waals surface area contributed by atoms with E-state index >= 15 is 0 Å². The average molecular weight is 260 g/mol. The van der Waals surface area contributed by atoms with Crippen molar-refractivity contribution in [1.82, 2.24) is 10.3 Å². The Morgan fingerprint density at radius 1 is 1.33 bits per heavy atom. The van der Waals surface area contributed by atoms with E-state index in [0.717, 1.165) is 17.7 Å². The summed E-state index contributed by atoms with van der Waals surface area (Å²) < 4.78 is 0. The van der Waals surface area contributed by atoms with Crippen LogP contribution < -0.4 is 5.32 Å². The number of amides is 1. The number of aryl methyl sites for hydroxylation is 1. The van der Waals surface area contributed by atoms with Crippen molar-refractivity contribution in [3.63, 3.8) is 0 Å². The maximum absolute atomic E-state index is 11.7. The fourth-order valence-electron chi connectivity index (χ4n) is 1.73. The van der Waals surface area contributed by atoms with Crippen molar-refractivity contribution in [2.24, 2.45) is 0 Å². The minimum Gasteiger partial charge on any atom is -0.355 e. The predicted molar refractivity (Wildman–Crippen MR) is 73.7 cm³/mol. The largest absolute Gasteiger partial charge is 0.355 e. The summed E-state index contributed by atoms with van der Waals surface area (Å²) in [6, 6.07) is 9.78. The standard InChI is InChI=1S/C14H16N2OS/c1-11-13(18-10-16-11)7-8-15-14(17)9-12-5-3-2-4-6-12/h2-6,10H,7-9H2,1H3,(H,15,17). The molecule has 0 saturated heterocycles. The lowest BCUT2D eigenvalue weighted by atomic mass is 10.1. The molecular formula is C14H16N2OS. The normalized spacial score (nSPS) is 10.3. The lowest BCUT2D eigenvalue weighted by Gasteiger charge is -2.04. The Morgan fingerprint density at radius 2 is 2.11 bits per heavy atom. The first-order chi connectivity index (χ1) is 8.75. The van der Waals surface area contributed by atoms with Crippen LogP contribution in [0.1, 0.15) is 16.1 Å². The van der Waals surface area contributed by atoms with Crippen LogP contribution in [0.3, 0.4) is 0 Å². The maximum atomic E-state index is 11.7. The molecule has 0 atom stereocenters. The molecule has 4 heteroatoms. The number of carbonyl (C=O) groups is 1. The van der Waals surface area contributed by atoms with E-state index in [0.29, 0.717) is 13.0 Å². The van der Waals surface area contributed by atoms with Gasteiger partial charge in [-0.1, -0.05) is 30.3 Å². The Kier molecular flexibility index (Phi) is 4.47. The number of hydrogen-bond acceptors (Lipinski definition) is 3. The molecule has 94 valence electrons. The molecule has 18 heavy (non-hydrogen) atoms. The van der Waals surface area contributed by atoms with Gasteiger partial charge in [-0.05, 0) is 12.5 Å². The molecule has 1 aromatic carbocycles. The van der Waals surface area contributed by atoms with Gasteiger partial charge in [0.05, 0.1) is 17.6 Å². The van der Waals surface area contributed by atoms with Crippen molar-refractivity contribution in [2.75, 3.05) is 6.54 Å². The van der Waals surface area contributed by atoms with Crippen LogP contribution in [0.2, 0.25) is 0 Å². The summed E-state index contributed by atoms with van der Waals surface area (Å²) in [5.41, 5.74) is 3.96. The van der Waals surface area contributed by atoms with Crippen LogP contribution in [-0.4, -0.2) is 17.4 Å². The SMILES string of the molecule is Cc1ncsc1CCNC(=O)Cc1ccccc1. The molecule has 2 rings (SSSR count). The van der Waals surface area contributed by atoms with Gasteiger partial charge in [0.25, 0.3) is 0 Å². The van der Waals surface area contributed by atoms with E-state index in [1.807, 2.05) is 42.8 Å². The molecular weight excluding hydrogens is 244 g/mol. The van der Waals surface area contributed by atoms with Crippen molar-refractivity contribution in [3.8, 4) is 0 Å². The summed E-state index contributed by atoms with van der Waals surface area (Å²) in [7, 11) is 0.